The van der Waals surface area contributed by atoms with Crippen LogP contribution in [0.3, 0.4) is 0 Å². The molecule has 0 aromatic carbocycles. The summed E-state index contributed by atoms with van der Waals surface area (Å²) < 4.78 is 26.9. The molecule has 0 radical (unpaired) electrons. The number of hydrogen-bond donors (Lipinski definition) is 1. The molecule has 19 heavy (non-hydrogen) atoms. The number of aryl methyl sites for hydroxylation is 2. The summed E-state index contributed by atoms with van der Waals surface area (Å²) in [6.07, 6.45) is 0. The van der Waals surface area contributed by atoms with E-state index in [9.17, 15) is 8.42 Å². The van der Waals surface area contributed by atoms with Gasteiger partial charge in [0, 0.05) is 5.69 Å². The van der Waals surface area contributed by atoms with Crippen molar-refractivity contribution < 1.29 is 8.42 Å². The highest BCUT2D eigenvalue weighted by Crippen LogP contribution is 2.24. The zero-order valence-electron chi connectivity index (χ0n) is 10.3. The Bertz CT molecular complexity index is 758. The van der Waals surface area contributed by atoms with Gasteiger partial charge in [-0.1, -0.05) is 0 Å². The topological polar surface area (TPSA) is 82.9 Å². The minimum atomic E-state index is -3.66. The predicted octanol–water partition coefficient (Wildman–Crippen LogP) is 2.43. The average molecular weight is 293 g/mol. The van der Waals surface area contributed by atoms with Crippen LogP contribution >= 0.6 is 11.3 Å². The molecule has 7 heteroatoms. The molecular weight excluding hydrogens is 282 g/mol. The van der Waals surface area contributed by atoms with Crippen LogP contribution in [0.1, 0.15) is 16.3 Å². The van der Waals surface area contributed by atoms with Crippen molar-refractivity contribution in [2.24, 2.45) is 0 Å². The quantitative estimate of drug-likeness (QED) is 0.942. The number of nitriles is 1. The Morgan fingerprint density at radius 2 is 2.00 bits per heavy atom. The molecule has 2 rings (SSSR count). The summed E-state index contributed by atoms with van der Waals surface area (Å²) in [5.74, 6) is 0. The van der Waals surface area contributed by atoms with Gasteiger partial charge in [-0.2, -0.15) is 5.26 Å². The second-order valence-corrected chi connectivity index (χ2v) is 6.91. The Kier molecular flexibility index (Phi) is 3.55. The van der Waals surface area contributed by atoms with Crippen LogP contribution in [-0.2, 0) is 10.0 Å². The lowest BCUT2D eigenvalue weighted by Gasteiger charge is -2.08. The minimum absolute atomic E-state index is 0.115. The summed E-state index contributed by atoms with van der Waals surface area (Å²) >= 11 is 0.936. The molecule has 0 atom stereocenters. The van der Waals surface area contributed by atoms with Gasteiger partial charge in [-0.25, -0.2) is 8.42 Å². The summed E-state index contributed by atoms with van der Waals surface area (Å²) in [5, 5.41) is 8.72. The summed E-state index contributed by atoms with van der Waals surface area (Å²) in [7, 11) is -3.66. The van der Waals surface area contributed by atoms with E-state index in [0.717, 1.165) is 17.0 Å². The van der Waals surface area contributed by atoms with Gasteiger partial charge in [0.05, 0.1) is 11.4 Å². The summed E-state index contributed by atoms with van der Waals surface area (Å²) in [5.41, 5.74) is 1.88. The van der Waals surface area contributed by atoms with Crippen LogP contribution in [0, 0.1) is 25.2 Å². The van der Waals surface area contributed by atoms with Gasteiger partial charge in [0.25, 0.3) is 10.0 Å². The Hall–Kier alpha value is -1.91. The Labute approximate surface area is 115 Å². The Morgan fingerprint density at radius 1 is 1.26 bits per heavy atom. The highest BCUT2D eigenvalue weighted by atomic mass is 32.2. The van der Waals surface area contributed by atoms with Crippen molar-refractivity contribution in [1.29, 1.82) is 5.26 Å². The lowest BCUT2D eigenvalue weighted by atomic mass is 10.3. The van der Waals surface area contributed by atoms with Gasteiger partial charge in [-0.15, -0.1) is 11.3 Å². The fraction of sp³-hybridized carbons (Fsp3) is 0.167. The molecule has 0 saturated carbocycles. The van der Waals surface area contributed by atoms with E-state index < -0.39 is 10.0 Å². The zero-order chi connectivity index (χ0) is 14.0. The van der Waals surface area contributed by atoms with Crippen molar-refractivity contribution in [3.63, 3.8) is 0 Å². The fourth-order valence-electron chi connectivity index (χ4n) is 1.51. The van der Waals surface area contributed by atoms with Crippen LogP contribution < -0.4 is 4.72 Å². The number of aromatic nitrogens is 1. The van der Waals surface area contributed by atoms with Gasteiger partial charge >= 0.3 is 0 Å². The molecule has 0 spiro atoms. The van der Waals surface area contributed by atoms with Crippen molar-refractivity contribution >= 4 is 27.0 Å². The normalized spacial score (nSPS) is 11.0. The van der Waals surface area contributed by atoms with E-state index >= 15 is 0 Å². The molecule has 0 aliphatic rings. The third-order valence-electron chi connectivity index (χ3n) is 2.43. The maximum Gasteiger partial charge on any atom is 0.271 e. The summed E-state index contributed by atoms with van der Waals surface area (Å²) in [6.45, 7) is 3.57. The number of rotatable bonds is 3. The molecule has 2 aromatic rings. The number of thiophene rings is 1. The molecule has 0 bridgehead atoms. The zero-order valence-corrected chi connectivity index (χ0v) is 12.0. The van der Waals surface area contributed by atoms with Crippen LogP contribution in [0.4, 0.5) is 5.69 Å². The molecule has 5 nitrogen and oxygen atoms in total. The third kappa shape index (κ3) is 2.92. The standard InChI is InChI=1S/C12H11N3O2S2/c1-8-3-5-11(9(2)14-8)15-19(16,17)12-6-4-10(7-13)18-12/h3-6,15H,1-2H3. The molecule has 98 valence electrons. The average Bonchev–Trinajstić information content (AvgIpc) is 2.82. The van der Waals surface area contributed by atoms with Crippen LogP contribution in [0.15, 0.2) is 28.5 Å². The van der Waals surface area contributed by atoms with Crippen LogP contribution in [0.5, 0.6) is 0 Å². The molecule has 0 fully saturated rings. The van der Waals surface area contributed by atoms with Crippen molar-refractivity contribution in [3.8, 4) is 6.07 Å². The molecule has 0 amide bonds. The van der Waals surface area contributed by atoms with E-state index in [1.54, 1.807) is 19.1 Å². The largest absolute Gasteiger partial charge is 0.277 e. The van der Waals surface area contributed by atoms with Gasteiger partial charge in [0.15, 0.2) is 0 Å². The second-order valence-electron chi connectivity index (χ2n) is 3.92. The summed E-state index contributed by atoms with van der Waals surface area (Å²) in [4.78, 5) is 4.56. The SMILES string of the molecule is Cc1ccc(NS(=O)(=O)c2ccc(C#N)s2)c(C)n1. The lowest BCUT2D eigenvalue weighted by Crippen LogP contribution is -2.12. The van der Waals surface area contributed by atoms with E-state index in [1.165, 1.54) is 12.1 Å². The van der Waals surface area contributed by atoms with Gasteiger partial charge in [-0.3, -0.25) is 9.71 Å². The van der Waals surface area contributed by atoms with Crippen LogP contribution in [0.25, 0.3) is 0 Å². The van der Waals surface area contributed by atoms with Gasteiger partial charge < -0.3 is 0 Å². The first-order chi connectivity index (χ1) is 8.92. The first-order valence-electron chi connectivity index (χ1n) is 5.39. The monoisotopic (exact) mass is 293 g/mol. The maximum absolute atomic E-state index is 12.1. The lowest BCUT2D eigenvalue weighted by molar-refractivity contribution is 0.603. The van der Waals surface area contributed by atoms with E-state index in [0.29, 0.717) is 16.3 Å². The Balaban J connectivity index is 2.34. The van der Waals surface area contributed by atoms with E-state index in [-0.39, 0.29) is 4.21 Å². The molecule has 0 aliphatic heterocycles. The van der Waals surface area contributed by atoms with Gasteiger partial charge in [0.1, 0.15) is 15.2 Å². The van der Waals surface area contributed by atoms with Gasteiger partial charge in [0.2, 0.25) is 0 Å². The van der Waals surface area contributed by atoms with Crippen LogP contribution in [0.2, 0.25) is 0 Å². The van der Waals surface area contributed by atoms with Crippen molar-refractivity contribution in [2.45, 2.75) is 18.1 Å². The minimum Gasteiger partial charge on any atom is -0.277 e. The molecule has 2 heterocycles. The van der Waals surface area contributed by atoms with Crippen molar-refractivity contribution in [2.75, 3.05) is 4.72 Å². The highest BCUT2D eigenvalue weighted by Gasteiger charge is 2.18. The number of nitrogens with one attached hydrogen (secondary N) is 1. The number of sulfonamides is 1. The first kappa shape index (κ1) is 13.5. The fourth-order valence-corrected chi connectivity index (χ4v) is 3.73. The van der Waals surface area contributed by atoms with Crippen LogP contribution in [-0.4, -0.2) is 13.4 Å². The first-order valence-corrected chi connectivity index (χ1v) is 7.69. The van der Waals surface area contributed by atoms with Crippen molar-refractivity contribution in [1.82, 2.24) is 4.98 Å². The predicted molar refractivity (Wildman–Crippen MR) is 73.6 cm³/mol. The number of pyridine rings is 1. The maximum atomic E-state index is 12.1. The molecule has 2 aromatic heterocycles. The number of anilines is 1. The molecule has 0 unspecified atom stereocenters. The highest BCUT2D eigenvalue weighted by molar-refractivity contribution is 7.94. The Morgan fingerprint density at radius 3 is 2.58 bits per heavy atom. The molecule has 0 aliphatic carbocycles. The summed E-state index contributed by atoms with van der Waals surface area (Å²) in [6, 6.07) is 8.23. The molecular formula is C12H11N3O2S2. The van der Waals surface area contributed by atoms with E-state index in [1.807, 2.05) is 13.0 Å². The van der Waals surface area contributed by atoms with Crippen molar-refractivity contribution in [3.05, 3.63) is 40.5 Å². The number of hydrogen-bond acceptors (Lipinski definition) is 5. The molecule has 0 saturated heterocycles. The van der Waals surface area contributed by atoms with E-state index in [4.69, 9.17) is 5.26 Å². The smallest absolute Gasteiger partial charge is 0.271 e. The molecule has 1 N–H and O–H groups in total. The third-order valence-corrected chi connectivity index (χ3v) is 5.27. The van der Waals surface area contributed by atoms with E-state index in [2.05, 4.69) is 9.71 Å². The van der Waals surface area contributed by atoms with Gasteiger partial charge in [-0.05, 0) is 38.1 Å². The number of nitrogens with zero attached hydrogens (tertiary/aromatic N) is 2. The second kappa shape index (κ2) is 4.99.